The molecule has 1 aliphatic heterocycles. The third-order valence-electron chi connectivity index (χ3n) is 3.68. The first-order valence-corrected chi connectivity index (χ1v) is 6.82. The van der Waals surface area contributed by atoms with Crippen LogP contribution in [0.5, 0.6) is 0 Å². The van der Waals surface area contributed by atoms with Crippen LogP contribution < -0.4 is 5.32 Å². The molecule has 112 valence electrons. The average molecular weight is 296 g/mol. The van der Waals surface area contributed by atoms with Crippen LogP contribution >= 0.6 is 0 Å². The summed E-state index contributed by atoms with van der Waals surface area (Å²) in [7, 11) is 0. The number of aromatic nitrogens is 3. The third-order valence-corrected chi connectivity index (χ3v) is 3.68. The molecule has 7 heteroatoms. The standard InChI is InChI=1S/C14H15F3N4/c15-14(16,17)11-5-2-1-4-10(11)8-18-12-6-3-7-21-13(12)19-9-20-21/h1-2,4-5,9,12,18H,3,6-8H2. The largest absolute Gasteiger partial charge is 0.416 e. The summed E-state index contributed by atoms with van der Waals surface area (Å²) in [5.41, 5.74) is -0.337. The number of alkyl halides is 3. The number of halogens is 3. The summed E-state index contributed by atoms with van der Waals surface area (Å²) in [6.07, 6.45) is -1.05. The average Bonchev–Trinajstić information content (AvgIpc) is 2.93. The Bertz CT molecular complexity index is 621. The summed E-state index contributed by atoms with van der Waals surface area (Å²) in [6.45, 7) is 0.972. The molecule has 0 radical (unpaired) electrons. The number of aryl methyl sites for hydroxylation is 1. The van der Waals surface area contributed by atoms with Gasteiger partial charge in [0.05, 0.1) is 11.6 Å². The monoisotopic (exact) mass is 296 g/mol. The van der Waals surface area contributed by atoms with E-state index in [4.69, 9.17) is 0 Å². The Morgan fingerprint density at radius 2 is 2.10 bits per heavy atom. The van der Waals surface area contributed by atoms with Gasteiger partial charge in [0.25, 0.3) is 0 Å². The van der Waals surface area contributed by atoms with Crippen molar-refractivity contribution in [3.63, 3.8) is 0 Å². The van der Waals surface area contributed by atoms with Crippen LogP contribution in [0.15, 0.2) is 30.6 Å². The first-order valence-electron chi connectivity index (χ1n) is 6.82. The van der Waals surface area contributed by atoms with Crippen LogP contribution in [0.3, 0.4) is 0 Å². The molecule has 2 heterocycles. The summed E-state index contributed by atoms with van der Waals surface area (Å²) in [6, 6.07) is 5.59. The molecule has 0 fully saturated rings. The van der Waals surface area contributed by atoms with Crippen molar-refractivity contribution in [2.75, 3.05) is 0 Å². The Hall–Kier alpha value is -1.89. The fourth-order valence-corrected chi connectivity index (χ4v) is 2.67. The number of nitrogens with one attached hydrogen (secondary N) is 1. The van der Waals surface area contributed by atoms with Crippen molar-refractivity contribution in [2.24, 2.45) is 0 Å². The van der Waals surface area contributed by atoms with Crippen LogP contribution in [-0.4, -0.2) is 14.8 Å². The maximum Gasteiger partial charge on any atom is 0.416 e. The smallest absolute Gasteiger partial charge is 0.303 e. The van der Waals surface area contributed by atoms with Gasteiger partial charge in [-0.1, -0.05) is 18.2 Å². The highest BCUT2D eigenvalue weighted by molar-refractivity contribution is 5.29. The third kappa shape index (κ3) is 2.92. The van der Waals surface area contributed by atoms with Gasteiger partial charge in [-0.15, -0.1) is 0 Å². The molecule has 1 atom stereocenters. The maximum absolute atomic E-state index is 12.9. The molecule has 0 bridgehead atoms. The number of hydrogen-bond donors (Lipinski definition) is 1. The maximum atomic E-state index is 12.9. The van der Waals surface area contributed by atoms with E-state index in [-0.39, 0.29) is 18.2 Å². The number of fused-ring (bicyclic) bond motifs is 1. The van der Waals surface area contributed by atoms with E-state index in [1.165, 1.54) is 18.5 Å². The fourth-order valence-electron chi connectivity index (χ4n) is 2.67. The van der Waals surface area contributed by atoms with Gasteiger partial charge in [0.2, 0.25) is 0 Å². The van der Waals surface area contributed by atoms with E-state index in [1.807, 2.05) is 0 Å². The SMILES string of the molecule is FC(F)(F)c1ccccc1CNC1CCCn2ncnc21. The molecule has 21 heavy (non-hydrogen) atoms. The Balaban J connectivity index is 1.75. The molecular weight excluding hydrogens is 281 g/mol. The molecule has 1 unspecified atom stereocenters. The Kier molecular flexibility index (Phi) is 3.67. The normalized spacial score (nSPS) is 18.5. The molecule has 1 aromatic heterocycles. The number of benzene rings is 1. The molecule has 0 saturated heterocycles. The zero-order chi connectivity index (χ0) is 14.9. The molecule has 1 aliphatic rings. The summed E-state index contributed by atoms with van der Waals surface area (Å²) >= 11 is 0. The molecule has 1 N–H and O–H groups in total. The lowest BCUT2D eigenvalue weighted by atomic mass is 10.0. The zero-order valence-corrected chi connectivity index (χ0v) is 11.3. The van der Waals surface area contributed by atoms with Crippen molar-refractivity contribution in [3.8, 4) is 0 Å². The van der Waals surface area contributed by atoms with E-state index in [2.05, 4.69) is 15.4 Å². The fraction of sp³-hybridized carbons (Fsp3) is 0.429. The highest BCUT2D eigenvalue weighted by Gasteiger charge is 2.33. The number of rotatable bonds is 3. The van der Waals surface area contributed by atoms with Crippen LogP contribution in [0, 0.1) is 0 Å². The lowest BCUT2D eigenvalue weighted by Crippen LogP contribution is -2.29. The van der Waals surface area contributed by atoms with Gasteiger partial charge in [-0.3, -0.25) is 0 Å². The van der Waals surface area contributed by atoms with Gasteiger partial charge >= 0.3 is 6.18 Å². The second-order valence-electron chi connectivity index (χ2n) is 5.07. The molecule has 3 rings (SSSR count). The lowest BCUT2D eigenvalue weighted by Gasteiger charge is -2.24. The molecular formula is C14H15F3N4. The van der Waals surface area contributed by atoms with E-state index in [0.717, 1.165) is 31.3 Å². The minimum atomic E-state index is -4.33. The summed E-state index contributed by atoms with van der Waals surface area (Å²) in [4.78, 5) is 4.19. The Labute approximate surface area is 120 Å². The highest BCUT2D eigenvalue weighted by Crippen LogP contribution is 2.32. The first kappa shape index (κ1) is 14.1. The van der Waals surface area contributed by atoms with Crippen LogP contribution in [0.25, 0.3) is 0 Å². The quantitative estimate of drug-likeness (QED) is 0.947. The van der Waals surface area contributed by atoms with Crippen molar-refractivity contribution < 1.29 is 13.2 Å². The van der Waals surface area contributed by atoms with E-state index in [9.17, 15) is 13.2 Å². The minimum Gasteiger partial charge on any atom is -0.303 e. The van der Waals surface area contributed by atoms with Crippen molar-refractivity contribution in [1.29, 1.82) is 0 Å². The molecule has 4 nitrogen and oxygen atoms in total. The summed E-state index contributed by atoms with van der Waals surface area (Å²) < 4.78 is 40.6. The van der Waals surface area contributed by atoms with Gasteiger partial charge in [0.1, 0.15) is 12.2 Å². The van der Waals surface area contributed by atoms with Gasteiger partial charge < -0.3 is 5.32 Å². The second-order valence-corrected chi connectivity index (χ2v) is 5.07. The summed E-state index contributed by atoms with van der Waals surface area (Å²) in [5.74, 6) is 0.797. The van der Waals surface area contributed by atoms with Crippen molar-refractivity contribution in [2.45, 2.75) is 38.1 Å². The first-order chi connectivity index (χ1) is 10.1. The van der Waals surface area contributed by atoms with Gasteiger partial charge in [-0.05, 0) is 24.5 Å². The highest BCUT2D eigenvalue weighted by atomic mass is 19.4. The van der Waals surface area contributed by atoms with Gasteiger partial charge in [-0.2, -0.15) is 18.3 Å². The molecule has 0 amide bonds. The van der Waals surface area contributed by atoms with Crippen molar-refractivity contribution >= 4 is 0 Å². The van der Waals surface area contributed by atoms with Gasteiger partial charge in [-0.25, -0.2) is 9.67 Å². The van der Waals surface area contributed by atoms with Gasteiger partial charge in [0.15, 0.2) is 0 Å². The predicted molar refractivity (Wildman–Crippen MR) is 70.3 cm³/mol. The van der Waals surface area contributed by atoms with Crippen LogP contribution in [0.2, 0.25) is 0 Å². The van der Waals surface area contributed by atoms with E-state index >= 15 is 0 Å². The number of nitrogens with zero attached hydrogens (tertiary/aromatic N) is 3. The molecule has 0 aliphatic carbocycles. The van der Waals surface area contributed by atoms with Crippen LogP contribution in [0.1, 0.15) is 35.8 Å². The van der Waals surface area contributed by atoms with E-state index < -0.39 is 11.7 Å². The Morgan fingerprint density at radius 3 is 2.90 bits per heavy atom. The van der Waals surface area contributed by atoms with Crippen molar-refractivity contribution in [3.05, 3.63) is 47.5 Å². The molecule has 0 saturated carbocycles. The molecule has 2 aromatic rings. The predicted octanol–water partition coefficient (Wildman–Crippen LogP) is 2.92. The van der Waals surface area contributed by atoms with Crippen LogP contribution in [0.4, 0.5) is 13.2 Å². The Morgan fingerprint density at radius 1 is 1.29 bits per heavy atom. The number of hydrogen-bond acceptors (Lipinski definition) is 3. The molecule has 1 aromatic carbocycles. The zero-order valence-electron chi connectivity index (χ0n) is 11.3. The van der Waals surface area contributed by atoms with Crippen molar-refractivity contribution in [1.82, 2.24) is 20.1 Å². The molecule has 0 spiro atoms. The summed E-state index contributed by atoms with van der Waals surface area (Å²) in [5, 5.41) is 7.27. The van der Waals surface area contributed by atoms with E-state index in [1.54, 1.807) is 10.7 Å². The minimum absolute atomic E-state index is 0.0532. The van der Waals surface area contributed by atoms with E-state index in [0.29, 0.717) is 0 Å². The van der Waals surface area contributed by atoms with Crippen LogP contribution in [-0.2, 0) is 19.3 Å². The topological polar surface area (TPSA) is 42.7 Å². The lowest BCUT2D eigenvalue weighted by molar-refractivity contribution is -0.138. The second kappa shape index (κ2) is 5.48. The van der Waals surface area contributed by atoms with Gasteiger partial charge in [0, 0.05) is 13.1 Å².